The monoisotopic (exact) mass is 413 g/mol. The van der Waals surface area contributed by atoms with Gasteiger partial charge >= 0.3 is 0 Å². The van der Waals surface area contributed by atoms with Crippen molar-refractivity contribution in [1.29, 1.82) is 0 Å². The van der Waals surface area contributed by atoms with Crippen LogP contribution in [0.5, 0.6) is 0 Å². The number of carbonyl (C=O) groups is 1. The van der Waals surface area contributed by atoms with Crippen molar-refractivity contribution >= 4 is 27.5 Å². The second-order valence-electron chi connectivity index (χ2n) is 7.57. The lowest BCUT2D eigenvalue weighted by atomic mass is 10.2. The summed E-state index contributed by atoms with van der Waals surface area (Å²) in [6.07, 6.45) is 5.16. The Bertz CT molecular complexity index is 789. The number of hydrogen-bond acceptors (Lipinski definition) is 4. The smallest absolute Gasteiger partial charge is 0.251 e. The molecular formula is C19H28ClN3O3S. The summed E-state index contributed by atoms with van der Waals surface area (Å²) in [6, 6.07) is 5.31. The Morgan fingerprint density at radius 3 is 2.59 bits per heavy atom. The van der Waals surface area contributed by atoms with Gasteiger partial charge in [0.25, 0.3) is 5.91 Å². The van der Waals surface area contributed by atoms with Crippen molar-refractivity contribution in [3.05, 3.63) is 28.8 Å². The minimum absolute atomic E-state index is 0.0156. The number of carbonyl (C=O) groups excluding carboxylic acids is 1. The van der Waals surface area contributed by atoms with E-state index in [4.69, 9.17) is 11.6 Å². The first-order chi connectivity index (χ1) is 12.8. The third-order valence-electron chi connectivity index (χ3n) is 5.50. The lowest BCUT2D eigenvalue weighted by molar-refractivity contribution is 0.0939. The Kier molecular flexibility index (Phi) is 6.46. The fourth-order valence-electron chi connectivity index (χ4n) is 3.41. The van der Waals surface area contributed by atoms with E-state index in [0.717, 1.165) is 19.3 Å². The molecule has 8 heteroatoms. The maximum absolute atomic E-state index is 12.9. The minimum Gasteiger partial charge on any atom is -0.350 e. The predicted octanol–water partition coefficient (Wildman–Crippen LogP) is 2.73. The molecule has 1 aliphatic carbocycles. The van der Waals surface area contributed by atoms with Gasteiger partial charge in [0.1, 0.15) is 4.90 Å². The van der Waals surface area contributed by atoms with Gasteiger partial charge in [0.05, 0.1) is 5.02 Å². The van der Waals surface area contributed by atoms with Gasteiger partial charge in [-0.1, -0.05) is 18.0 Å². The quantitative estimate of drug-likeness (QED) is 0.746. The highest BCUT2D eigenvalue weighted by atomic mass is 35.5. The van der Waals surface area contributed by atoms with Crippen LogP contribution >= 0.6 is 11.6 Å². The summed E-state index contributed by atoms with van der Waals surface area (Å²) in [5.41, 5.74) is 0.316. The fraction of sp³-hybridized carbons (Fsp3) is 0.632. The van der Waals surface area contributed by atoms with E-state index in [-0.39, 0.29) is 21.9 Å². The lowest BCUT2D eigenvalue weighted by Gasteiger charge is -2.26. The zero-order valence-corrected chi connectivity index (χ0v) is 17.5. The predicted molar refractivity (Wildman–Crippen MR) is 107 cm³/mol. The highest BCUT2D eigenvalue weighted by molar-refractivity contribution is 7.89. The van der Waals surface area contributed by atoms with Crippen molar-refractivity contribution in [3.63, 3.8) is 0 Å². The molecule has 0 spiro atoms. The molecule has 150 valence electrons. The molecule has 1 atom stereocenters. The maximum atomic E-state index is 12.9. The van der Waals surface area contributed by atoms with Crippen LogP contribution in [0.1, 0.15) is 49.4 Å². The van der Waals surface area contributed by atoms with Crippen LogP contribution in [0, 0.1) is 0 Å². The number of amides is 1. The maximum Gasteiger partial charge on any atom is 0.251 e. The molecule has 0 aromatic heterocycles. The number of sulfonamides is 1. The van der Waals surface area contributed by atoms with Crippen molar-refractivity contribution in [1.82, 2.24) is 14.5 Å². The molecule has 1 unspecified atom stereocenters. The van der Waals surface area contributed by atoms with Gasteiger partial charge in [0, 0.05) is 37.3 Å². The summed E-state index contributed by atoms with van der Waals surface area (Å²) >= 11 is 6.17. The molecule has 1 saturated heterocycles. The molecule has 1 saturated carbocycles. The Balaban J connectivity index is 1.71. The third-order valence-corrected chi connectivity index (χ3v) is 7.88. The average Bonchev–Trinajstić information content (AvgIpc) is 3.51. The normalized spacial score (nSPS) is 19.9. The van der Waals surface area contributed by atoms with Crippen LogP contribution in [0.25, 0.3) is 0 Å². The summed E-state index contributed by atoms with van der Waals surface area (Å²) in [4.78, 5) is 14.8. The van der Waals surface area contributed by atoms with E-state index in [2.05, 4.69) is 24.2 Å². The SMILES string of the molecule is CC(CNC(=O)c1ccc(Cl)c(S(=O)(=O)N2CCCCC2)c1)N(C)C1CC1. The molecule has 1 amide bonds. The molecule has 27 heavy (non-hydrogen) atoms. The van der Waals surface area contributed by atoms with Gasteiger partial charge in [-0.3, -0.25) is 9.69 Å². The van der Waals surface area contributed by atoms with Crippen LogP contribution in [0.2, 0.25) is 5.02 Å². The van der Waals surface area contributed by atoms with Gasteiger partial charge in [-0.05, 0) is 57.9 Å². The summed E-state index contributed by atoms with van der Waals surface area (Å²) in [5.74, 6) is -0.280. The van der Waals surface area contributed by atoms with E-state index in [1.54, 1.807) is 6.07 Å². The number of nitrogens with one attached hydrogen (secondary N) is 1. The van der Waals surface area contributed by atoms with E-state index in [1.807, 2.05) is 0 Å². The van der Waals surface area contributed by atoms with Gasteiger partial charge in [0.2, 0.25) is 10.0 Å². The molecule has 0 radical (unpaired) electrons. The van der Waals surface area contributed by atoms with Crippen molar-refractivity contribution in [2.45, 2.75) is 56.0 Å². The summed E-state index contributed by atoms with van der Waals surface area (Å²) in [7, 11) is -1.61. The molecule has 6 nitrogen and oxygen atoms in total. The van der Waals surface area contributed by atoms with Gasteiger partial charge in [-0.25, -0.2) is 8.42 Å². The summed E-state index contributed by atoms with van der Waals surface area (Å²) in [6.45, 7) is 3.59. The Hall–Kier alpha value is -1.15. The van der Waals surface area contributed by atoms with Crippen LogP contribution in [0.15, 0.2) is 23.1 Å². The molecule has 1 aromatic carbocycles. The molecular weight excluding hydrogens is 386 g/mol. The summed E-state index contributed by atoms with van der Waals surface area (Å²) < 4.78 is 27.3. The molecule has 1 aromatic rings. The first-order valence-electron chi connectivity index (χ1n) is 9.60. The number of piperidine rings is 1. The van der Waals surface area contributed by atoms with Crippen LogP contribution < -0.4 is 5.32 Å². The van der Waals surface area contributed by atoms with E-state index < -0.39 is 10.0 Å². The number of rotatable bonds is 7. The van der Waals surface area contributed by atoms with Crippen LogP contribution in [-0.2, 0) is 10.0 Å². The van der Waals surface area contributed by atoms with Crippen molar-refractivity contribution in [2.75, 3.05) is 26.7 Å². The highest BCUT2D eigenvalue weighted by Gasteiger charge is 2.30. The molecule has 3 rings (SSSR count). The largest absolute Gasteiger partial charge is 0.350 e. The molecule has 1 aliphatic heterocycles. The van der Waals surface area contributed by atoms with E-state index >= 15 is 0 Å². The van der Waals surface area contributed by atoms with E-state index in [1.165, 1.54) is 29.3 Å². The van der Waals surface area contributed by atoms with Crippen molar-refractivity contribution in [3.8, 4) is 0 Å². The number of hydrogen-bond donors (Lipinski definition) is 1. The van der Waals surface area contributed by atoms with Gasteiger partial charge in [-0.2, -0.15) is 4.31 Å². The number of likely N-dealkylation sites (N-methyl/N-ethyl adjacent to an activating group) is 1. The van der Waals surface area contributed by atoms with Gasteiger partial charge < -0.3 is 5.32 Å². The van der Waals surface area contributed by atoms with E-state index in [9.17, 15) is 13.2 Å². The van der Waals surface area contributed by atoms with Crippen LogP contribution in [-0.4, -0.2) is 62.3 Å². The first kappa shape index (κ1) is 20.6. The van der Waals surface area contributed by atoms with Gasteiger partial charge in [-0.15, -0.1) is 0 Å². The number of benzene rings is 1. The zero-order valence-electron chi connectivity index (χ0n) is 15.9. The second-order valence-corrected chi connectivity index (χ2v) is 9.88. The van der Waals surface area contributed by atoms with Gasteiger partial charge in [0.15, 0.2) is 0 Å². The first-order valence-corrected chi connectivity index (χ1v) is 11.4. The minimum atomic E-state index is -3.68. The zero-order chi connectivity index (χ0) is 19.6. The van der Waals surface area contributed by atoms with Crippen LogP contribution in [0.3, 0.4) is 0 Å². The summed E-state index contributed by atoms with van der Waals surface area (Å²) in [5, 5.41) is 3.06. The standard InChI is InChI=1S/C19H28ClN3O3S/c1-14(22(2)16-7-8-16)13-21-19(24)15-6-9-17(20)18(12-15)27(25,26)23-10-4-3-5-11-23/h6,9,12,14,16H,3-5,7-8,10-11,13H2,1-2H3,(H,21,24). The molecule has 2 aliphatic rings. The topological polar surface area (TPSA) is 69.7 Å². The Morgan fingerprint density at radius 2 is 1.96 bits per heavy atom. The van der Waals surface area contributed by atoms with Crippen molar-refractivity contribution in [2.24, 2.45) is 0 Å². The highest BCUT2D eigenvalue weighted by Crippen LogP contribution is 2.28. The Labute approximate surface area is 166 Å². The lowest BCUT2D eigenvalue weighted by Crippen LogP contribution is -2.41. The average molecular weight is 414 g/mol. The number of halogens is 1. The molecule has 2 fully saturated rings. The van der Waals surface area contributed by atoms with Crippen molar-refractivity contribution < 1.29 is 13.2 Å². The Morgan fingerprint density at radius 1 is 1.30 bits per heavy atom. The number of nitrogens with zero attached hydrogens (tertiary/aromatic N) is 2. The third kappa shape index (κ3) is 4.83. The fourth-order valence-corrected chi connectivity index (χ4v) is 5.43. The van der Waals surface area contributed by atoms with Crippen LogP contribution in [0.4, 0.5) is 0 Å². The second kappa shape index (κ2) is 8.47. The molecule has 1 N–H and O–H groups in total. The molecule has 1 heterocycles. The van der Waals surface area contributed by atoms with E-state index in [0.29, 0.717) is 31.2 Å². The molecule has 0 bridgehead atoms.